The number of benzene rings is 1. The minimum atomic E-state index is 0.529. The van der Waals surface area contributed by atoms with Gasteiger partial charge >= 0.3 is 0 Å². The molecule has 1 rings (SSSR count). The average Bonchev–Trinajstić information content (AvgIpc) is 2.16. The standard InChI is InChI=1S/C11H16BrN/c1-9-3-5-11(6-4-9)8-13-10(2)7-12/h3-6,10,13H,7-8H2,1-2H3. The number of halogens is 1. The quantitative estimate of drug-likeness (QED) is 0.800. The molecule has 72 valence electrons. The molecule has 2 heteroatoms. The Labute approximate surface area is 88.7 Å². The van der Waals surface area contributed by atoms with Gasteiger partial charge in [-0.25, -0.2) is 0 Å². The summed E-state index contributed by atoms with van der Waals surface area (Å²) in [5.74, 6) is 0. The van der Waals surface area contributed by atoms with Gasteiger partial charge < -0.3 is 5.32 Å². The van der Waals surface area contributed by atoms with Crippen LogP contribution in [0.15, 0.2) is 24.3 Å². The van der Waals surface area contributed by atoms with E-state index in [2.05, 4.69) is 59.4 Å². The summed E-state index contributed by atoms with van der Waals surface area (Å²) in [6.07, 6.45) is 0. The molecule has 1 N–H and O–H groups in total. The van der Waals surface area contributed by atoms with Crippen molar-refractivity contribution in [1.82, 2.24) is 5.32 Å². The Bertz CT molecular complexity index is 243. The van der Waals surface area contributed by atoms with Crippen LogP contribution in [0.5, 0.6) is 0 Å². The van der Waals surface area contributed by atoms with Gasteiger partial charge in [-0.2, -0.15) is 0 Å². The van der Waals surface area contributed by atoms with Crippen molar-refractivity contribution >= 4 is 15.9 Å². The molecular formula is C11H16BrN. The lowest BCUT2D eigenvalue weighted by molar-refractivity contribution is 0.598. The molecule has 0 aliphatic carbocycles. The van der Waals surface area contributed by atoms with Crippen molar-refractivity contribution in [3.8, 4) is 0 Å². The minimum Gasteiger partial charge on any atom is -0.309 e. The van der Waals surface area contributed by atoms with E-state index in [1.54, 1.807) is 0 Å². The summed E-state index contributed by atoms with van der Waals surface area (Å²) in [5, 5.41) is 4.42. The first-order valence-electron chi connectivity index (χ1n) is 4.57. The van der Waals surface area contributed by atoms with Gasteiger partial charge in [-0.1, -0.05) is 45.8 Å². The fourth-order valence-corrected chi connectivity index (χ4v) is 1.28. The van der Waals surface area contributed by atoms with Gasteiger partial charge in [0.05, 0.1) is 0 Å². The molecule has 0 aliphatic rings. The molecule has 0 fully saturated rings. The Morgan fingerprint density at radius 2 is 1.92 bits per heavy atom. The lowest BCUT2D eigenvalue weighted by Crippen LogP contribution is -2.26. The van der Waals surface area contributed by atoms with E-state index < -0.39 is 0 Å². The van der Waals surface area contributed by atoms with Crippen LogP contribution in [0.2, 0.25) is 0 Å². The van der Waals surface area contributed by atoms with Crippen molar-refractivity contribution in [2.75, 3.05) is 5.33 Å². The van der Waals surface area contributed by atoms with Gasteiger partial charge in [0.1, 0.15) is 0 Å². The van der Waals surface area contributed by atoms with Crippen LogP contribution in [0.4, 0.5) is 0 Å². The van der Waals surface area contributed by atoms with E-state index in [0.717, 1.165) is 11.9 Å². The Balaban J connectivity index is 2.41. The third kappa shape index (κ3) is 3.92. The maximum Gasteiger partial charge on any atom is 0.0208 e. The van der Waals surface area contributed by atoms with Crippen molar-refractivity contribution in [2.24, 2.45) is 0 Å². The van der Waals surface area contributed by atoms with E-state index in [1.165, 1.54) is 11.1 Å². The third-order valence-electron chi connectivity index (χ3n) is 2.01. The fourth-order valence-electron chi connectivity index (χ4n) is 1.05. The van der Waals surface area contributed by atoms with Crippen LogP contribution in [0.1, 0.15) is 18.1 Å². The second-order valence-electron chi connectivity index (χ2n) is 3.42. The van der Waals surface area contributed by atoms with Crippen LogP contribution in [-0.2, 0) is 6.54 Å². The second-order valence-corrected chi connectivity index (χ2v) is 4.07. The fraction of sp³-hybridized carbons (Fsp3) is 0.455. The molecule has 0 saturated carbocycles. The van der Waals surface area contributed by atoms with E-state index in [1.807, 2.05) is 0 Å². The molecule has 1 unspecified atom stereocenters. The molecule has 0 amide bonds. The summed E-state index contributed by atoms with van der Waals surface area (Å²) in [5.41, 5.74) is 2.66. The number of alkyl halides is 1. The average molecular weight is 242 g/mol. The van der Waals surface area contributed by atoms with E-state index in [-0.39, 0.29) is 0 Å². The van der Waals surface area contributed by atoms with Crippen LogP contribution in [0.3, 0.4) is 0 Å². The number of hydrogen-bond acceptors (Lipinski definition) is 1. The van der Waals surface area contributed by atoms with Gasteiger partial charge in [0.25, 0.3) is 0 Å². The molecule has 0 spiro atoms. The number of aryl methyl sites for hydroxylation is 1. The normalized spacial score (nSPS) is 12.8. The highest BCUT2D eigenvalue weighted by atomic mass is 79.9. The molecule has 0 aliphatic heterocycles. The summed E-state index contributed by atoms with van der Waals surface area (Å²) in [6, 6.07) is 9.17. The first kappa shape index (κ1) is 10.7. The maximum absolute atomic E-state index is 3.44. The number of nitrogens with one attached hydrogen (secondary N) is 1. The zero-order valence-electron chi connectivity index (χ0n) is 8.18. The van der Waals surface area contributed by atoms with Crippen molar-refractivity contribution in [2.45, 2.75) is 26.4 Å². The Hall–Kier alpha value is -0.340. The van der Waals surface area contributed by atoms with Gasteiger partial charge in [-0.3, -0.25) is 0 Å². The summed E-state index contributed by atoms with van der Waals surface area (Å²) < 4.78 is 0. The summed E-state index contributed by atoms with van der Waals surface area (Å²) in [6.45, 7) is 5.23. The summed E-state index contributed by atoms with van der Waals surface area (Å²) in [7, 11) is 0. The second kappa shape index (κ2) is 5.40. The third-order valence-corrected chi connectivity index (χ3v) is 2.98. The van der Waals surface area contributed by atoms with Crippen molar-refractivity contribution in [3.63, 3.8) is 0 Å². The largest absolute Gasteiger partial charge is 0.309 e. The number of hydrogen-bond donors (Lipinski definition) is 1. The van der Waals surface area contributed by atoms with E-state index in [0.29, 0.717) is 6.04 Å². The molecule has 1 aromatic carbocycles. The van der Waals surface area contributed by atoms with Crippen LogP contribution in [0.25, 0.3) is 0 Å². The Morgan fingerprint density at radius 3 is 2.46 bits per heavy atom. The van der Waals surface area contributed by atoms with Gasteiger partial charge in [-0.15, -0.1) is 0 Å². The van der Waals surface area contributed by atoms with Crippen molar-refractivity contribution < 1.29 is 0 Å². The van der Waals surface area contributed by atoms with Crippen LogP contribution >= 0.6 is 15.9 Å². The molecule has 1 nitrogen and oxygen atoms in total. The smallest absolute Gasteiger partial charge is 0.0208 e. The van der Waals surface area contributed by atoms with Crippen molar-refractivity contribution in [3.05, 3.63) is 35.4 Å². The first-order valence-corrected chi connectivity index (χ1v) is 5.69. The molecular weight excluding hydrogens is 226 g/mol. The zero-order chi connectivity index (χ0) is 9.68. The molecule has 0 heterocycles. The van der Waals surface area contributed by atoms with Crippen molar-refractivity contribution in [1.29, 1.82) is 0 Å². The summed E-state index contributed by atoms with van der Waals surface area (Å²) in [4.78, 5) is 0. The Kier molecular flexibility index (Phi) is 4.46. The predicted molar refractivity (Wildman–Crippen MR) is 61.3 cm³/mol. The van der Waals surface area contributed by atoms with Gasteiger partial charge in [-0.05, 0) is 19.4 Å². The van der Waals surface area contributed by atoms with Crippen LogP contribution < -0.4 is 5.32 Å². The SMILES string of the molecule is Cc1ccc(CNC(C)CBr)cc1. The predicted octanol–water partition coefficient (Wildman–Crippen LogP) is 2.87. The summed E-state index contributed by atoms with van der Waals surface area (Å²) >= 11 is 3.44. The zero-order valence-corrected chi connectivity index (χ0v) is 9.76. The topological polar surface area (TPSA) is 12.0 Å². The van der Waals surface area contributed by atoms with Crippen LogP contribution in [0, 0.1) is 6.92 Å². The lowest BCUT2D eigenvalue weighted by atomic mass is 10.1. The van der Waals surface area contributed by atoms with Crippen LogP contribution in [-0.4, -0.2) is 11.4 Å². The van der Waals surface area contributed by atoms with Gasteiger partial charge in [0.2, 0.25) is 0 Å². The number of rotatable bonds is 4. The van der Waals surface area contributed by atoms with E-state index >= 15 is 0 Å². The monoisotopic (exact) mass is 241 g/mol. The molecule has 1 atom stereocenters. The maximum atomic E-state index is 3.44. The molecule has 0 bridgehead atoms. The van der Waals surface area contributed by atoms with E-state index in [9.17, 15) is 0 Å². The Morgan fingerprint density at radius 1 is 1.31 bits per heavy atom. The molecule has 0 aromatic heterocycles. The highest BCUT2D eigenvalue weighted by Crippen LogP contribution is 2.03. The molecule has 0 radical (unpaired) electrons. The minimum absolute atomic E-state index is 0.529. The van der Waals surface area contributed by atoms with Gasteiger partial charge in [0, 0.05) is 17.9 Å². The first-order chi connectivity index (χ1) is 6.22. The molecule has 0 saturated heterocycles. The highest BCUT2D eigenvalue weighted by Gasteiger charge is 1.97. The molecule has 1 aromatic rings. The van der Waals surface area contributed by atoms with Gasteiger partial charge in [0.15, 0.2) is 0 Å². The highest BCUT2D eigenvalue weighted by molar-refractivity contribution is 9.09. The van der Waals surface area contributed by atoms with E-state index in [4.69, 9.17) is 0 Å². The molecule has 13 heavy (non-hydrogen) atoms. The lowest BCUT2D eigenvalue weighted by Gasteiger charge is -2.10.